The molecule has 4 heteroatoms. The van der Waals surface area contributed by atoms with Gasteiger partial charge in [0.25, 0.3) is 5.91 Å². The van der Waals surface area contributed by atoms with Gasteiger partial charge in [-0.2, -0.15) is 0 Å². The van der Waals surface area contributed by atoms with Gasteiger partial charge >= 0.3 is 0 Å². The van der Waals surface area contributed by atoms with Crippen molar-refractivity contribution in [3.8, 4) is 11.5 Å². The van der Waals surface area contributed by atoms with E-state index in [0.29, 0.717) is 23.8 Å². The fourth-order valence-corrected chi connectivity index (χ4v) is 3.15. The van der Waals surface area contributed by atoms with E-state index in [0.717, 1.165) is 24.0 Å². The van der Waals surface area contributed by atoms with Crippen LogP contribution in [-0.4, -0.2) is 19.1 Å². The smallest absolute Gasteiger partial charge is 0.262 e. The van der Waals surface area contributed by atoms with Crippen LogP contribution in [0.15, 0.2) is 72.8 Å². The highest BCUT2D eigenvalue weighted by atomic mass is 16.5. The van der Waals surface area contributed by atoms with Crippen molar-refractivity contribution in [1.82, 2.24) is 0 Å². The molecule has 0 aliphatic rings. The van der Waals surface area contributed by atoms with E-state index in [2.05, 4.69) is 23.5 Å². The molecule has 0 saturated carbocycles. The molecule has 0 heterocycles. The number of aryl methyl sites for hydroxylation is 3. The fraction of sp³-hybridized carbons (Fsp3) is 0.240. The average molecular weight is 389 g/mol. The monoisotopic (exact) mass is 389 g/mol. The number of hydrogen-bond acceptors (Lipinski definition) is 3. The summed E-state index contributed by atoms with van der Waals surface area (Å²) in [5, 5.41) is 2.88. The normalized spacial score (nSPS) is 10.4. The second kappa shape index (κ2) is 10.3. The molecule has 0 atom stereocenters. The zero-order valence-electron chi connectivity index (χ0n) is 17.0. The average Bonchev–Trinajstić information content (AvgIpc) is 2.71. The molecule has 0 spiro atoms. The van der Waals surface area contributed by atoms with Crippen LogP contribution < -0.4 is 14.8 Å². The number of rotatable bonds is 9. The van der Waals surface area contributed by atoms with Crippen LogP contribution in [-0.2, 0) is 11.2 Å². The van der Waals surface area contributed by atoms with Crippen molar-refractivity contribution in [2.45, 2.75) is 26.7 Å². The lowest BCUT2D eigenvalue weighted by molar-refractivity contribution is -0.118. The Balaban J connectivity index is 1.49. The highest BCUT2D eigenvalue weighted by Gasteiger charge is 2.09. The minimum absolute atomic E-state index is 0.0504. The molecule has 29 heavy (non-hydrogen) atoms. The largest absolute Gasteiger partial charge is 0.491 e. The molecular weight excluding hydrogens is 362 g/mol. The highest BCUT2D eigenvalue weighted by molar-refractivity contribution is 5.93. The molecule has 0 aliphatic heterocycles. The zero-order valence-corrected chi connectivity index (χ0v) is 17.0. The summed E-state index contributed by atoms with van der Waals surface area (Å²) in [6.07, 6.45) is 1.86. The predicted octanol–water partition coefficient (Wildman–Crippen LogP) is 5.33. The summed E-state index contributed by atoms with van der Waals surface area (Å²) in [6, 6.07) is 23.7. The fourth-order valence-electron chi connectivity index (χ4n) is 3.15. The van der Waals surface area contributed by atoms with Gasteiger partial charge in [-0.05, 0) is 67.6 Å². The molecule has 3 aromatic rings. The lowest BCUT2D eigenvalue weighted by Crippen LogP contribution is -2.20. The van der Waals surface area contributed by atoms with Crippen LogP contribution in [0.25, 0.3) is 0 Å². The SMILES string of the molecule is Cc1cc(C)cc(OCC(=O)Nc2ccccc2OCCCc2ccccc2)c1. The minimum Gasteiger partial charge on any atom is -0.491 e. The molecule has 0 saturated heterocycles. The summed E-state index contributed by atoms with van der Waals surface area (Å²) in [4.78, 5) is 12.3. The standard InChI is InChI=1S/C25H27NO3/c1-19-15-20(2)17-22(16-19)29-18-25(27)26-23-12-6-7-13-24(23)28-14-8-11-21-9-4-3-5-10-21/h3-7,9-10,12-13,15-17H,8,11,14,18H2,1-2H3,(H,26,27). The van der Waals surface area contributed by atoms with E-state index in [1.54, 1.807) is 0 Å². The topological polar surface area (TPSA) is 47.6 Å². The number of hydrogen-bond donors (Lipinski definition) is 1. The van der Waals surface area contributed by atoms with Crippen molar-refractivity contribution >= 4 is 11.6 Å². The third-order valence-corrected chi connectivity index (χ3v) is 4.44. The predicted molar refractivity (Wildman–Crippen MR) is 117 cm³/mol. The zero-order chi connectivity index (χ0) is 20.5. The second-order valence-electron chi connectivity index (χ2n) is 7.09. The number of para-hydroxylation sites is 2. The van der Waals surface area contributed by atoms with Crippen LogP contribution in [0.4, 0.5) is 5.69 Å². The van der Waals surface area contributed by atoms with Gasteiger partial charge in [-0.3, -0.25) is 4.79 Å². The Morgan fingerprint density at radius 3 is 2.31 bits per heavy atom. The second-order valence-corrected chi connectivity index (χ2v) is 7.09. The summed E-state index contributed by atoms with van der Waals surface area (Å²) in [5.74, 6) is 1.15. The molecular formula is C25H27NO3. The van der Waals surface area contributed by atoms with Gasteiger partial charge in [-0.15, -0.1) is 0 Å². The molecule has 1 N–H and O–H groups in total. The summed E-state index contributed by atoms with van der Waals surface area (Å²) in [6.45, 7) is 4.54. The first kappa shape index (κ1) is 20.5. The molecule has 0 aromatic heterocycles. The van der Waals surface area contributed by atoms with E-state index in [-0.39, 0.29) is 12.5 Å². The number of carbonyl (C=O) groups excluding carboxylic acids is 1. The molecule has 0 aliphatic carbocycles. The van der Waals surface area contributed by atoms with E-state index >= 15 is 0 Å². The lowest BCUT2D eigenvalue weighted by atomic mass is 10.1. The van der Waals surface area contributed by atoms with Crippen LogP contribution in [0.5, 0.6) is 11.5 Å². The van der Waals surface area contributed by atoms with Crippen molar-refractivity contribution in [2.75, 3.05) is 18.5 Å². The van der Waals surface area contributed by atoms with Crippen LogP contribution in [0.2, 0.25) is 0 Å². The summed E-state index contributed by atoms with van der Waals surface area (Å²) >= 11 is 0. The van der Waals surface area contributed by atoms with Crippen molar-refractivity contribution in [2.24, 2.45) is 0 Å². The van der Waals surface area contributed by atoms with Crippen molar-refractivity contribution < 1.29 is 14.3 Å². The van der Waals surface area contributed by atoms with Gasteiger partial charge in [0.2, 0.25) is 0 Å². The molecule has 0 fully saturated rings. The van der Waals surface area contributed by atoms with E-state index < -0.39 is 0 Å². The Morgan fingerprint density at radius 1 is 0.862 bits per heavy atom. The maximum absolute atomic E-state index is 12.3. The molecule has 3 aromatic carbocycles. The first-order chi connectivity index (χ1) is 14.1. The number of amides is 1. The van der Waals surface area contributed by atoms with Gasteiger partial charge in [-0.1, -0.05) is 48.5 Å². The van der Waals surface area contributed by atoms with Crippen molar-refractivity contribution in [3.05, 3.63) is 89.5 Å². The van der Waals surface area contributed by atoms with Crippen molar-refractivity contribution in [1.29, 1.82) is 0 Å². The van der Waals surface area contributed by atoms with Gasteiger partial charge in [0.1, 0.15) is 11.5 Å². The maximum atomic E-state index is 12.3. The first-order valence-electron chi connectivity index (χ1n) is 9.87. The van der Waals surface area contributed by atoms with E-state index in [9.17, 15) is 4.79 Å². The molecule has 4 nitrogen and oxygen atoms in total. The number of carbonyl (C=O) groups is 1. The van der Waals surface area contributed by atoms with Crippen LogP contribution in [0.3, 0.4) is 0 Å². The third-order valence-electron chi connectivity index (χ3n) is 4.44. The molecule has 0 radical (unpaired) electrons. The van der Waals surface area contributed by atoms with E-state index in [4.69, 9.17) is 9.47 Å². The quantitative estimate of drug-likeness (QED) is 0.503. The number of benzene rings is 3. The van der Waals surface area contributed by atoms with E-state index in [1.807, 2.05) is 68.4 Å². The number of anilines is 1. The van der Waals surface area contributed by atoms with Crippen LogP contribution >= 0.6 is 0 Å². The number of nitrogens with one attached hydrogen (secondary N) is 1. The molecule has 3 rings (SSSR count). The Labute approximate surface area is 172 Å². The van der Waals surface area contributed by atoms with Crippen LogP contribution in [0.1, 0.15) is 23.1 Å². The molecule has 150 valence electrons. The minimum atomic E-state index is -0.218. The summed E-state index contributed by atoms with van der Waals surface area (Å²) in [5.41, 5.74) is 4.16. The Bertz CT molecular complexity index is 918. The van der Waals surface area contributed by atoms with Gasteiger partial charge in [0, 0.05) is 0 Å². The Morgan fingerprint density at radius 2 is 1.55 bits per heavy atom. The van der Waals surface area contributed by atoms with Crippen molar-refractivity contribution in [3.63, 3.8) is 0 Å². The first-order valence-corrected chi connectivity index (χ1v) is 9.87. The van der Waals surface area contributed by atoms with Gasteiger partial charge in [0.15, 0.2) is 6.61 Å². The third kappa shape index (κ3) is 6.68. The number of ether oxygens (including phenoxy) is 2. The van der Waals surface area contributed by atoms with Gasteiger partial charge in [0.05, 0.1) is 12.3 Å². The lowest BCUT2D eigenvalue weighted by Gasteiger charge is -2.13. The van der Waals surface area contributed by atoms with E-state index in [1.165, 1.54) is 5.56 Å². The maximum Gasteiger partial charge on any atom is 0.262 e. The summed E-state index contributed by atoms with van der Waals surface area (Å²) < 4.78 is 11.5. The molecule has 0 bridgehead atoms. The van der Waals surface area contributed by atoms with Gasteiger partial charge in [-0.25, -0.2) is 0 Å². The van der Waals surface area contributed by atoms with Crippen LogP contribution in [0, 0.1) is 13.8 Å². The Kier molecular flexibility index (Phi) is 7.28. The highest BCUT2D eigenvalue weighted by Crippen LogP contribution is 2.24. The molecule has 1 amide bonds. The Hall–Kier alpha value is -3.27. The summed E-state index contributed by atoms with van der Waals surface area (Å²) in [7, 11) is 0. The van der Waals surface area contributed by atoms with Gasteiger partial charge < -0.3 is 14.8 Å². The molecule has 0 unspecified atom stereocenters.